The van der Waals surface area contributed by atoms with E-state index >= 15 is 0 Å². The molecule has 21 heavy (non-hydrogen) atoms. The second-order valence-electron chi connectivity index (χ2n) is 5.99. The number of anilines is 2. The Bertz CT molecular complexity index is 459. The molecule has 4 N–H and O–H groups in total. The molecule has 0 unspecified atom stereocenters. The Morgan fingerprint density at radius 2 is 2.14 bits per heavy atom. The number of nitrogen functional groups attached to an aromatic ring is 1. The van der Waals surface area contributed by atoms with E-state index in [4.69, 9.17) is 10.5 Å². The van der Waals surface area contributed by atoms with Crippen molar-refractivity contribution in [3.8, 4) is 0 Å². The minimum atomic E-state index is -0.647. The standard InChI is InChI=1S/C15H26N4O2/c1-3-21-9-14-18-12(16)8-13(19-14)17-10-15(20)6-4-11(2)5-7-15/h8,11,20H,3-7,9-10H2,1-2H3,(H3,16,17,18,19). The topological polar surface area (TPSA) is 93.3 Å². The van der Waals surface area contributed by atoms with Crippen LogP contribution in [0.25, 0.3) is 0 Å². The predicted molar refractivity (Wildman–Crippen MR) is 82.8 cm³/mol. The second-order valence-corrected chi connectivity index (χ2v) is 5.99. The Hall–Kier alpha value is -1.40. The maximum absolute atomic E-state index is 10.6. The number of rotatable bonds is 6. The SMILES string of the molecule is CCOCc1nc(N)cc(NCC2(O)CCC(C)CC2)n1. The zero-order chi connectivity index (χ0) is 15.3. The van der Waals surface area contributed by atoms with Crippen molar-refractivity contribution < 1.29 is 9.84 Å². The maximum Gasteiger partial charge on any atom is 0.158 e. The fourth-order valence-corrected chi connectivity index (χ4v) is 2.60. The van der Waals surface area contributed by atoms with Gasteiger partial charge >= 0.3 is 0 Å². The summed E-state index contributed by atoms with van der Waals surface area (Å²) in [5.41, 5.74) is 5.14. The van der Waals surface area contributed by atoms with Gasteiger partial charge in [0.1, 0.15) is 18.2 Å². The van der Waals surface area contributed by atoms with Gasteiger partial charge in [-0.25, -0.2) is 9.97 Å². The van der Waals surface area contributed by atoms with Gasteiger partial charge in [0, 0.05) is 19.2 Å². The first-order valence-electron chi connectivity index (χ1n) is 7.68. The van der Waals surface area contributed by atoms with Gasteiger partial charge in [0.05, 0.1) is 5.60 Å². The van der Waals surface area contributed by atoms with Crippen molar-refractivity contribution in [3.63, 3.8) is 0 Å². The molecule has 0 spiro atoms. The van der Waals surface area contributed by atoms with Crippen molar-refractivity contribution >= 4 is 11.6 Å². The van der Waals surface area contributed by atoms with Gasteiger partial charge in [-0.05, 0) is 38.5 Å². The lowest BCUT2D eigenvalue weighted by Gasteiger charge is -2.35. The molecule has 1 saturated carbocycles. The summed E-state index contributed by atoms with van der Waals surface area (Å²) in [7, 11) is 0. The zero-order valence-corrected chi connectivity index (χ0v) is 12.9. The third-order valence-electron chi connectivity index (χ3n) is 4.03. The summed E-state index contributed by atoms with van der Waals surface area (Å²) in [5.74, 6) is 2.32. The molecule has 1 fully saturated rings. The van der Waals surface area contributed by atoms with Crippen molar-refractivity contribution in [2.75, 3.05) is 24.2 Å². The summed E-state index contributed by atoms with van der Waals surface area (Å²) >= 11 is 0. The number of ether oxygens (including phenoxy) is 1. The van der Waals surface area contributed by atoms with Crippen LogP contribution in [-0.2, 0) is 11.3 Å². The number of nitrogens with two attached hydrogens (primary N) is 1. The lowest BCUT2D eigenvalue weighted by molar-refractivity contribution is 0.00493. The van der Waals surface area contributed by atoms with Gasteiger partial charge < -0.3 is 20.9 Å². The molecule has 1 aliphatic carbocycles. The molecule has 0 atom stereocenters. The average Bonchev–Trinajstić information content (AvgIpc) is 2.46. The average molecular weight is 294 g/mol. The van der Waals surface area contributed by atoms with Crippen LogP contribution in [0, 0.1) is 5.92 Å². The largest absolute Gasteiger partial charge is 0.388 e. The van der Waals surface area contributed by atoms with Crippen molar-refractivity contribution in [2.24, 2.45) is 5.92 Å². The molecule has 6 heteroatoms. The lowest BCUT2D eigenvalue weighted by atomic mass is 9.79. The Kier molecular flexibility index (Phi) is 5.36. The molecule has 1 aliphatic rings. The molecule has 0 saturated heterocycles. The summed E-state index contributed by atoms with van der Waals surface area (Å²) in [6.07, 6.45) is 3.79. The van der Waals surface area contributed by atoms with Crippen LogP contribution in [0.5, 0.6) is 0 Å². The minimum absolute atomic E-state index is 0.345. The predicted octanol–water partition coefficient (Wildman–Crippen LogP) is 1.95. The zero-order valence-electron chi connectivity index (χ0n) is 12.9. The monoisotopic (exact) mass is 294 g/mol. The van der Waals surface area contributed by atoms with Crippen LogP contribution >= 0.6 is 0 Å². The van der Waals surface area contributed by atoms with Crippen molar-refractivity contribution in [2.45, 2.75) is 51.7 Å². The van der Waals surface area contributed by atoms with Gasteiger partial charge in [0.25, 0.3) is 0 Å². The van der Waals surface area contributed by atoms with Gasteiger partial charge in [0.2, 0.25) is 0 Å². The van der Waals surface area contributed by atoms with Crippen LogP contribution in [0.2, 0.25) is 0 Å². The lowest BCUT2D eigenvalue weighted by Crippen LogP contribution is -2.40. The third-order valence-corrected chi connectivity index (χ3v) is 4.03. The summed E-state index contributed by atoms with van der Waals surface area (Å²) in [6, 6.07) is 1.68. The Balaban J connectivity index is 1.94. The van der Waals surface area contributed by atoms with E-state index in [1.54, 1.807) is 6.07 Å². The van der Waals surface area contributed by atoms with E-state index in [1.165, 1.54) is 0 Å². The molecule has 1 heterocycles. The summed E-state index contributed by atoms with van der Waals surface area (Å²) in [4.78, 5) is 8.50. The van der Waals surface area contributed by atoms with Gasteiger partial charge in [-0.2, -0.15) is 0 Å². The number of hydrogen-bond acceptors (Lipinski definition) is 6. The summed E-state index contributed by atoms with van der Waals surface area (Å²) in [5, 5.41) is 13.8. The van der Waals surface area contributed by atoms with Crippen molar-refractivity contribution in [3.05, 3.63) is 11.9 Å². The molecule has 1 aromatic heterocycles. The number of nitrogens with zero attached hydrogens (tertiary/aromatic N) is 2. The van der Waals surface area contributed by atoms with E-state index in [1.807, 2.05) is 6.92 Å². The normalized spacial score (nSPS) is 25.8. The van der Waals surface area contributed by atoms with E-state index in [9.17, 15) is 5.11 Å². The van der Waals surface area contributed by atoms with E-state index in [0.717, 1.165) is 25.7 Å². The van der Waals surface area contributed by atoms with Crippen LogP contribution in [0.3, 0.4) is 0 Å². The molecule has 0 amide bonds. The molecule has 1 aromatic rings. The smallest absolute Gasteiger partial charge is 0.158 e. The molecule has 0 aromatic carbocycles. The Labute approximate surface area is 126 Å². The minimum Gasteiger partial charge on any atom is -0.388 e. The van der Waals surface area contributed by atoms with Crippen LogP contribution in [0.1, 0.15) is 45.4 Å². The molecule has 118 valence electrons. The van der Waals surface area contributed by atoms with Crippen LogP contribution < -0.4 is 11.1 Å². The molecule has 6 nitrogen and oxygen atoms in total. The fraction of sp³-hybridized carbons (Fsp3) is 0.733. The number of aliphatic hydroxyl groups is 1. The molecule has 0 aliphatic heterocycles. The molecule has 2 rings (SSSR count). The van der Waals surface area contributed by atoms with Crippen molar-refractivity contribution in [1.29, 1.82) is 0 Å². The first kappa shape index (κ1) is 16.0. The fourth-order valence-electron chi connectivity index (χ4n) is 2.60. The van der Waals surface area contributed by atoms with Gasteiger partial charge in [-0.3, -0.25) is 0 Å². The third kappa shape index (κ3) is 4.82. The van der Waals surface area contributed by atoms with Gasteiger partial charge in [0.15, 0.2) is 5.82 Å². The molecule has 0 radical (unpaired) electrons. The Morgan fingerprint density at radius 3 is 2.81 bits per heavy atom. The summed E-state index contributed by atoms with van der Waals surface area (Å²) in [6.45, 7) is 5.60. The van der Waals surface area contributed by atoms with E-state index < -0.39 is 5.60 Å². The molecule has 0 bridgehead atoms. The summed E-state index contributed by atoms with van der Waals surface area (Å²) < 4.78 is 5.30. The highest BCUT2D eigenvalue weighted by molar-refractivity contribution is 5.44. The first-order chi connectivity index (χ1) is 10.0. The highest BCUT2D eigenvalue weighted by Gasteiger charge is 2.31. The molecular weight excluding hydrogens is 268 g/mol. The first-order valence-corrected chi connectivity index (χ1v) is 7.68. The van der Waals surface area contributed by atoms with E-state index in [2.05, 4.69) is 22.2 Å². The highest BCUT2D eigenvalue weighted by Crippen LogP contribution is 2.31. The number of hydrogen-bond donors (Lipinski definition) is 3. The highest BCUT2D eigenvalue weighted by atomic mass is 16.5. The van der Waals surface area contributed by atoms with Gasteiger partial charge in [-0.15, -0.1) is 0 Å². The quantitative estimate of drug-likeness (QED) is 0.742. The van der Waals surface area contributed by atoms with Gasteiger partial charge in [-0.1, -0.05) is 6.92 Å². The Morgan fingerprint density at radius 1 is 1.43 bits per heavy atom. The van der Waals surface area contributed by atoms with E-state index in [0.29, 0.717) is 43.1 Å². The van der Waals surface area contributed by atoms with Crippen LogP contribution in [0.4, 0.5) is 11.6 Å². The molecular formula is C15H26N4O2. The van der Waals surface area contributed by atoms with E-state index in [-0.39, 0.29) is 0 Å². The number of nitrogens with one attached hydrogen (secondary N) is 1. The number of aromatic nitrogens is 2. The van der Waals surface area contributed by atoms with Crippen LogP contribution in [0.15, 0.2) is 6.07 Å². The maximum atomic E-state index is 10.6. The van der Waals surface area contributed by atoms with Crippen molar-refractivity contribution in [1.82, 2.24) is 9.97 Å². The second kappa shape index (κ2) is 7.04. The van der Waals surface area contributed by atoms with Crippen LogP contribution in [-0.4, -0.2) is 33.8 Å².